The Labute approximate surface area is 145 Å². The molecule has 1 fully saturated rings. The van der Waals surface area contributed by atoms with Crippen molar-refractivity contribution in [3.8, 4) is 11.5 Å². The van der Waals surface area contributed by atoms with E-state index in [9.17, 15) is 8.42 Å². The maximum Gasteiger partial charge on any atom is 0.243 e. The highest BCUT2D eigenvalue weighted by Crippen LogP contribution is 2.36. The Bertz CT molecular complexity index is 813. The molecule has 1 saturated carbocycles. The summed E-state index contributed by atoms with van der Waals surface area (Å²) < 4.78 is 38.8. The highest BCUT2D eigenvalue weighted by molar-refractivity contribution is 7.89. The molecule has 1 aliphatic carbocycles. The number of nitrogens with zero attached hydrogens (tertiary/aromatic N) is 1. The van der Waals surface area contributed by atoms with E-state index in [2.05, 4.69) is 0 Å². The van der Waals surface area contributed by atoms with Crippen molar-refractivity contribution in [1.29, 1.82) is 0 Å². The Morgan fingerprint density at radius 1 is 1.12 bits per heavy atom. The Kier molecular flexibility index (Phi) is 4.24. The fourth-order valence-corrected chi connectivity index (χ4v) is 5.26. The lowest BCUT2D eigenvalue weighted by atomic mass is 10.3. The summed E-state index contributed by atoms with van der Waals surface area (Å²) in [5, 5.41) is 2.02. The highest BCUT2D eigenvalue weighted by atomic mass is 32.2. The third-order valence-corrected chi connectivity index (χ3v) is 7.12. The maximum atomic E-state index is 13.1. The fraction of sp³-hybridized carbons (Fsp3) is 0.412. The summed E-state index contributed by atoms with van der Waals surface area (Å²) in [7, 11) is -3.52. The standard InChI is InChI=1S/C17H19NO4S2/c19-24(20,15-5-6-16-17(12-15)22-10-9-21-16)18(13-3-4-13)8-7-14-2-1-11-23-14/h1-2,5-6,11-13H,3-4,7-10H2. The predicted molar refractivity (Wildman–Crippen MR) is 92.4 cm³/mol. The first-order chi connectivity index (χ1) is 11.6. The minimum absolute atomic E-state index is 0.128. The van der Waals surface area contributed by atoms with Gasteiger partial charge in [0.1, 0.15) is 13.2 Å². The first-order valence-electron chi connectivity index (χ1n) is 8.08. The minimum atomic E-state index is -3.52. The molecule has 0 unspecified atom stereocenters. The van der Waals surface area contributed by atoms with Gasteiger partial charge in [-0.15, -0.1) is 11.3 Å². The second-order valence-electron chi connectivity index (χ2n) is 5.98. The van der Waals surface area contributed by atoms with Crippen LogP contribution in [0.5, 0.6) is 11.5 Å². The Hall–Kier alpha value is -1.57. The molecule has 2 aromatic rings. The van der Waals surface area contributed by atoms with Crippen molar-refractivity contribution in [1.82, 2.24) is 4.31 Å². The largest absolute Gasteiger partial charge is 0.486 e. The van der Waals surface area contributed by atoms with Crippen molar-refractivity contribution < 1.29 is 17.9 Å². The molecule has 1 aromatic carbocycles. The summed E-state index contributed by atoms with van der Waals surface area (Å²) in [6, 6.07) is 9.06. The number of benzene rings is 1. The molecule has 128 valence electrons. The summed E-state index contributed by atoms with van der Waals surface area (Å²) in [6.45, 7) is 1.46. The van der Waals surface area contributed by atoms with Crippen LogP contribution in [-0.4, -0.2) is 38.5 Å². The van der Waals surface area contributed by atoms with Gasteiger partial charge in [0.25, 0.3) is 0 Å². The van der Waals surface area contributed by atoms with Crippen LogP contribution in [0.2, 0.25) is 0 Å². The van der Waals surface area contributed by atoms with Crippen LogP contribution in [0.15, 0.2) is 40.6 Å². The van der Waals surface area contributed by atoms with Crippen molar-refractivity contribution in [2.45, 2.75) is 30.2 Å². The van der Waals surface area contributed by atoms with E-state index >= 15 is 0 Å². The van der Waals surface area contributed by atoms with Crippen molar-refractivity contribution in [3.63, 3.8) is 0 Å². The normalized spacial score (nSPS) is 17.2. The molecule has 5 nitrogen and oxygen atoms in total. The molecule has 0 N–H and O–H groups in total. The highest BCUT2D eigenvalue weighted by Gasteiger charge is 2.38. The number of rotatable bonds is 6. The number of hydrogen-bond donors (Lipinski definition) is 0. The van der Waals surface area contributed by atoms with Crippen LogP contribution in [0.1, 0.15) is 17.7 Å². The monoisotopic (exact) mass is 365 g/mol. The van der Waals surface area contributed by atoms with Crippen LogP contribution in [-0.2, 0) is 16.4 Å². The SMILES string of the molecule is O=S(=O)(c1ccc2c(c1)OCCO2)N(CCc1cccs1)C1CC1. The lowest BCUT2D eigenvalue weighted by Crippen LogP contribution is -2.35. The van der Waals surface area contributed by atoms with E-state index in [0.29, 0.717) is 31.3 Å². The van der Waals surface area contributed by atoms with Crippen LogP contribution < -0.4 is 9.47 Å². The third kappa shape index (κ3) is 3.16. The molecule has 24 heavy (non-hydrogen) atoms. The summed E-state index contributed by atoms with van der Waals surface area (Å²) in [5.74, 6) is 1.12. The number of hydrogen-bond acceptors (Lipinski definition) is 5. The van der Waals surface area contributed by atoms with Gasteiger partial charge >= 0.3 is 0 Å². The molecule has 2 aliphatic rings. The third-order valence-electron chi connectivity index (χ3n) is 4.23. The van der Waals surface area contributed by atoms with Gasteiger partial charge in [0.2, 0.25) is 10.0 Å². The summed E-state index contributed by atoms with van der Waals surface area (Å²) >= 11 is 1.66. The maximum absolute atomic E-state index is 13.1. The molecule has 4 rings (SSSR count). The Morgan fingerprint density at radius 3 is 2.62 bits per heavy atom. The summed E-state index contributed by atoms with van der Waals surface area (Å²) in [5.41, 5.74) is 0. The Balaban J connectivity index is 1.59. The molecule has 2 heterocycles. The predicted octanol–water partition coefficient (Wildman–Crippen LogP) is 2.92. The van der Waals surface area contributed by atoms with Crippen molar-refractivity contribution in [2.75, 3.05) is 19.8 Å². The summed E-state index contributed by atoms with van der Waals surface area (Å²) in [6.07, 6.45) is 2.63. The molecular weight excluding hydrogens is 346 g/mol. The van der Waals surface area contributed by atoms with Gasteiger partial charge in [0, 0.05) is 23.5 Å². The molecule has 1 aliphatic heterocycles. The van der Waals surface area contributed by atoms with Crippen molar-refractivity contribution in [3.05, 3.63) is 40.6 Å². The van der Waals surface area contributed by atoms with Crippen LogP contribution in [0, 0.1) is 0 Å². The Morgan fingerprint density at radius 2 is 1.92 bits per heavy atom. The molecule has 0 atom stereocenters. The van der Waals surface area contributed by atoms with E-state index in [4.69, 9.17) is 9.47 Å². The number of ether oxygens (including phenoxy) is 2. The molecule has 0 spiro atoms. The van der Waals surface area contributed by atoms with Crippen LogP contribution in [0.4, 0.5) is 0 Å². The van der Waals surface area contributed by atoms with Crippen LogP contribution in [0.3, 0.4) is 0 Å². The van der Waals surface area contributed by atoms with E-state index in [0.717, 1.165) is 19.3 Å². The molecule has 0 saturated heterocycles. The second kappa shape index (κ2) is 6.38. The second-order valence-corrected chi connectivity index (χ2v) is 8.90. The van der Waals surface area contributed by atoms with Crippen molar-refractivity contribution in [2.24, 2.45) is 0 Å². The van der Waals surface area contributed by atoms with Crippen molar-refractivity contribution >= 4 is 21.4 Å². The van der Waals surface area contributed by atoms with Gasteiger partial charge in [0.15, 0.2) is 11.5 Å². The van der Waals surface area contributed by atoms with Crippen LogP contribution >= 0.6 is 11.3 Å². The van der Waals surface area contributed by atoms with Gasteiger partial charge < -0.3 is 9.47 Å². The zero-order valence-corrected chi connectivity index (χ0v) is 14.8. The van der Waals surface area contributed by atoms with Gasteiger partial charge in [0.05, 0.1) is 4.90 Å². The van der Waals surface area contributed by atoms with E-state index in [1.807, 2.05) is 17.5 Å². The average molecular weight is 365 g/mol. The summed E-state index contributed by atoms with van der Waals surface area (Å²) in [4.78, 5) is 1.49. The smallest absolute Gasteiger partial charge is 0.243 e. The van der Waals surface area contributed by atoms with Gasteiger partial charge in [-0.2, -0.15) is 4.31 Å². The molecule has 0 amide bonds. The number of fused-ring (bicyclic) bond motifs is 1. The van der Waals surface area contributed by atoms with E-state index in [1.54, 1.807) is 33.8 Å². The lowest BCUT2D eigenvalue weighted by molar-refractivity contribution is 0.171. The number of sulfonamides is 1. The first kappa shape index (κ1) is 15.9. The van der Waals surface area contributed by atoms with Gasteiger partial charge in [-0.1, -0.05) is 6.07 Å². The zero-order chi connectivity index (χ0) is 16.6. The number of thiophene rings is 1. The molecule has 0 bridgehead atoms. The lowest BCUT2D eigenvalue weighted by Gasteiger charge is -2.23. The van der Waals surface area contributed by atoms with Crippen LogP contribution in [0.25, 0.3) is 0 Å². The van der Waals surface area contributed by atoms with Gasteiger partial charge in [-0.3, -0.25) is 0 Å². The van der Waals surface area contributed by atoms with E-state index < -0.39 is 10.0 Å². The van der Waals surface area contributed by atoms with Gasteiger partial charge in [-0.05, 0) is 42.8 Å². The van der Waals surface area contributed by atoms with E-state index in [1.165, 1.54) is 4.88 Å². The zero-order valence-electron chi connectivity index (χ0n) is 13.2. The molecule has 1 aromatic heterocycles. The quantitative estimate of drug-likeness (QED) is 0.790. The topological polar surface area (TPSA) is 55.8 Å². The average Bonchev–Trinajstić information content (AvgIpc) is 3.29. The van der Waals surface area contributed by atoms with E-state index in [-0.39, 0.29) is 10.9 Å². The molecular formula is C17H19NO4S2. The van der Waals surface area contributed by atoms with Gasteiger partial charge in [-0.25, -0.2) is 8.42 Å². The molecule has 0 radical (unpaired) electrons. The molecule has 7 heteroatoms. The minimum Gasteiger partial charge on any atom is -0.486 e. The fourth-order valence-electron chi connectivity index (χ4n) is 2.86. The first-order valence-corrected chi connectivity index (χ1v) is 10.4.